The van der Waals surface area contributed by atoms with E-state index in [0.29, 0.717) is 25.8 Å². The van der Waals surface area contributed by atoms with E-state index in [2.05, 4.69) is 5.32 Å². The van der Waals surface area contributed by atoms with Gasteiger partial charge in [-0.2, -0.15) is 4.31 Å². The van der Waals surface area contributed by atoms with Gasteiger partial charge in [0.05, 0.1) is 0 Å². The number of hydrogen-bond donors (Lipinski definition) is 2. The average molecular weight is 374 g/mol. The SMILES string of the molecule is Cc1ccc(S(=O)(=O)N2CCCC2C(=O)NC(C)CCC(=O)O)s1. The molecule has 2 N–H and O–H groups in total. The molecule has 7 nitrogen and oxygen atoms in total. The van der Waals surface area contributed by atoms with Crippen LogP contribution >= 0.6 is 11.3 Å². The number of thiophene rings is 1. The highest BCUT2D eigenvalue weighted by molar-refractivity contribution is 7.91. The van der Waals surface area contributed by atoms with Gasteiger partial charge in [-0.15, -0.1) is 11.3 Å². The zero-order valence-electron chi connectivity index (χ0n) is 13.7. The average Bonchev–Trinajstić information content (AvgIpc) is 3.14. The van der Waals surface area contributed by atoms with Crippen LogP contribution in [0, 0.1) is 6.92 Å². The van der Waals surface area contributed by atoms with E-state index in [1.165, 1.54) is 15.6 Å². The number of nitrogens with zero attached hydrogens (tertiary/aromatic N) is 1. The molecule has 2 unspecified atom stereocenters. The van der Waals surface area contributed by atoms with E-state index in [1.807, 2.05) is 6.92 Å². The summed E-state index contributed by atoms with van der Waals surface area (Å²) in [5, 5.41) is 11.4. The molecule has 0 spiro atoms. The minimum atomic E-state index is -3.68. The Bertz CT molecular complexity index is 713. The fourth-order valence-corrected chi connectivity index (χ4v) is 5.78. The Morgan fingerprint density at radius 1 is 1.46 bits per heavy atom. The smallest absolute Gasteiger partial charge is 0.303 e. The number of hydrogen-bond acceptors (Lipinski definition) is 5. The Morgan fingerprint density at radius 2 is 2.17 bits per heavy atom. The number of carboxylic acids is 1. The maximum absolute atomic E-state index is 12.7. The normalized spacial score (nSPS) is 20.0. The zero-order chi connectivity index (χ0) is 17.9. The third-order valence-corrected chi connectivity index (χ3v) is 7.34. The van der Waals surface area contributed by atoms with E-state index >= 15 is 0 Å². The van der Waals surface area contributed by atoms with E-state index in [-0.39, 0.29) is 22.6 Å². The number of aliphatic carboxylic acids is 1. The number of amides is 1. The third kappa shape index (κ3) is 4.34. The molecule has 2 atom stereocenters. The predicted octanol–water partition coefficient (Wildman–Crippen LogP) is 1.58. The lowest BCUT2D eigenvalue weighted by Gasteiger charge is -2.24. The number of nitrogens with one attached hydrogen (secondary N) is 1. The molecule has 0 radical (unpaired) electrons. The summed E-state index contributed by atoms with van der Waals surface area (Å²) in [5.41, 5.74) is 0. The van der Waals surface area contributed by atoms with Crippen LogP contribution in [0.2, 0.25) is 0 Å². The molecule has 24 heavy (non-hydrogen) atoms. The molecule has 9 heteroatoms. The van der Waals surface area contributed by atoms with Crippen molar-refractivity contribution in [1.82, 2.24) is 9.62 Å². The maximum Gasteiger partial charge on any atom is 0.303 e. The zero-order valence-corrected chi connectivity index (χ0v) is 15.3. The Morgan fingerprint density at radius 3 is 2.75 bits per heavy atom. The van der Waals surface area contributed by atoms with Crippen molar-refractivity contribution in [1.29, 1.82) is 0 Å². The van der Waals surface area contributed by atoms with Crippen molar-refractivity contribution in [2.75, 3.05) is 6.54 Å². The summed E-state index contributed by atoms with van der Waals surface area (Å²) in [6, 6.07) is 2.27. The van der Waals surface area contributed by atoms with Crippen molar-refractivity contribution < 1.29 is 23.1 Å². The van der Waals surface area contributed by atoms with E-state index in [4.69, 9.17) is 5.11 Å². The quantitative estimate of drug-likeness (QED) is 0.754. The molecule has 1 aromatic heterocycles. The fourth-order valence-electron chi connectivity index (χ4n) is 2.71. The number of sulfonamides is 1. The second kappa shape index (κ2) is 7.62. The molecular weight excluding hydrogens is 352 g/mol. The number of aryl methyl sites for hydroxylation is 1. The van der Waals surface area contributed by atoms with E-state index in [1.54, 1.807) is 19.1 Å². The van der Waals surface area contributed by atoms with Gasteiger partial charge in [0.15, 0.2) is 0 Å². The van der Waals surface area contributed by atoms with Gasteiger partial charge in [-0.3, -0.25) is 9.59 Å². The van der Waals surface area contributed by atoms with Gasteiger partial charge >= 0.3 is 5.97 Å². The van der Waals surface area contributed by atoms with Crippen molar-refractivity contribution in [3.05, 3.63) is 17.0 Å². The first-order chi connectivity index (χ1) is 11.2. The van der Waals surface area contributed by atoms with Crippen LogP contribution in [0.15, 0.2) is 16.3 Å². The van der Waals surface area contributed by atoms with Gasteiger partial charge in [-0.05, 0) is 45.2 Å². The van der Waals surface area contributed by atoms with Gasteiger partial charge in [-0.1, -0.05) is 0 Å². The van der Waals surface area contributed by atoms with Gasteiger partial charge in [0.1, 0.15) is 10.3 Å². The molecule has 2 heterocycles. The van der Waals surface area contributed by atoms with E-state index in [9.17, 15) is 18.0 Å². The minimum Gasteiger partial charge on any atom is -0.481 e. The van der Waals surface area contributed by atoms with Crippen LogP contribution in [0.5, 0.6) is 0 Å². The van der Waals surface area contributed by atoms with Crippen molar-refractivity contribution in [2.45, 2.75) is 55.8 Å². The fraction of sp³-hybridized carbons (Fsp3) is 0.600. The summed E-state index contributed by atoms with van der Waals surface area (Å²) < 4.78 is 27.0. The summed E-state index contributed by atoms with van der Waals surface area (Å²) in [6.07, 6.45) is 1.37. The van der Waals surface area contributed by atoms with Gasteiger partial charge in [-0.25, -0.2) is 8.42 Å². The molecule has 1 aromatic rings. The molecular formula is C15H22N2O5S2. The van der Waals surface area contributed by atoms with Crippen LogP contribution in [0.1, 0.15) is 37.5 Å². The Kier molecular flexibility index (Phi) is 6.00. The second-order valence-electron chi connectivity index (χ2n) is 5.98. The van der Waals surface area contributed by atoms with Crippen molar-refractivity contribution in [3.63, 3.8) is 0 Å². The van der Waals surface area contributed by atoms with Gasteiger partial charge in [0.2, 0.25) is 5.91 Å². The lowest BCUT2D eigenvalue weighted by Crippen LogP contribution is -2.48. The summed E-state index contributed by atoms with van der Waals surface area (Å²) in [4.78, 5) is 23.9. The number of carboxylic acid groups (broad SMARTS) is 1. The first-order valence-electron chi connectivity index (χ1n) is 7.82. The van der Waals surface area contributed by atoms with Gasteiger partial charge < -0.3 is 10.4 Å². The van der Waals surface area contributed by atoms with Crippen molar-refractivity contribution in [2.24, 2.45) is 0 Å². The monoisotopic (exact) mass is 374 g/mol. The van der Waals surface area contributed by atoms with E-state index < -0.39 is 22.0 Å². The summed E-state index contributed by atoms with van der Waals surface area (Å²) in [6.45, 7) is 3.88. The highest BCUT2D eigenvalue weighted by Crippen LogP contribution is 2.30. The van der Waals surface area contributed by atoms with Crippen molar-refractivity contribution in [3.8, 4) is 0 Å². The lowest BCUT2D eigenvalue weighted by atomic mass is 10.1. The predicted molar refractivity (Wildman–Crippen MR) is 90.4 cm³/mol. The van der Waals surface area contributed by atoms with Crippen LogP contribution in [0.25, 0.3) is 0 Å². The first kappa shape index (κ1) is 18.9. The molecule has 1 aliphatic rings. The van der Waals surface area contributed by atoms with E-state index in [0.717, 1.165) is 4.88 Å². The lowest BCUT2D eigenvalue weighted by molar-refractivity contribution is -0.137. The first-order valence-corrected chi connectivity index (χ1v) is 10.1. The molecule has 1 amide bonds. The number of carbonyl (C=O) groups excluding carboxylic acids is 1. The summed E-state index contributed by atoms with van der Waals surface area (Å²) in [7, 11) is -3.68. The molecule has 2 rings (SSSR count). The Labute approximate surface area is 145 Å². The molecule has 1 fully saturated rings. The number of rotatable bonds is 7. The number of carbonyl (C=O) groups is 2. The van der Waals surface area contributed by atoms with Gasteiger partial charge in [0.25, 0.3) is 10.0 Å². The van der Waals surface area contributed by atoms with Crippen LogP contribution in [-0.2, 0) is 19.6 Å². The second-order valence-corrected chi connectivity index (χ2v) is 9.39. The Balaban J connectivity index is 2.07. The van der Waals surface area contributed by atoms with Crippen LogP contribution in [0.3, 0.4) is 0 Å². The third-order valence-electron chi connectivity index (χ3n) is 3.96. The molecule has 1 aliphatic heterocycles. The van der Waals surface area contributed by atoms with Crippen LogP contribution in [-0.4, -0.2) is 48.3 Å². The van der Waals surface area contributed by atoms with Crippen molar-refractivity contribution >= 4 is 33.2 Å². The highest BCUT2D eigenvalue weighted by Gasteiger charge is 2.40. The molecule has 0 saturated carbocycles. The summed E-state index contributed by atoms with van der Waals surface area (Å²) >= 11 is 1.19. The van der Waals surface area contributed by atoms with Crippen LogP contribution < -0.4 is 5.32 Å². The maximum atomic E-state index is 12.7. The summed E-state index contributed by atoms with van der Waals surface area (Å²) in [5.74, 6) is -1.28. The topological polar surface area (TPSA) is 104 Å². The molecule has 0 bridgehead atoms. The van der Waals surface area contributed by atoms with Crippen LogP contribution in [0.4, 0.5) is 0 Å². The molecule has 0 aliphatic carbocycles. The highest BCUT2D eigenvalue weighted by atomic mass is 32.2. The van der Waals surface area contributed by atoms with Gasteiger partial charge in [0, 0.05) is 23.9 Å². The molecule has 134 valence electrons. The largest absolute Gasteiger partial charge is 0.481 e. The minimum absolute atomic E-state index is 0.0391. The molecule has 1 saturated heterocycles. The molecule has 0 aromatic carbocycles. The standard InChI is InChI=1S/C15H22N2O5S2/c1-10(5-7-13(18)19)16-15(20)12-4-3-9-17(12)24(21,22)14-8-6-11(2)23-14/h6,8,10,12H,3-5,7,9H2,1-2H3,(H,16,20)(H,18,19). The Hall–Kier alpha value is -1.45.